The number of aromatic nitrogens is 2. The smallest absolute Gasteiger partial charge is 0.387 e. The van der Waals surface area contributed by atoms with Crippen molar-refractivity contribution in [2.45, 2.75) is 32.9 Å². The SMILES string of the molecule is CCCCn1cc(N)c(-c2cccc(OC(F)F)c2)n1. The van der Waals surface area contributed by atoms with Gasteiger partial charge in [-0.1, -0.05) is 25.5 Å². The zero-order valence-corrected chi connectivity index (χ0v) is 11.2. The molecular formula is C14H17F2N3O. The molecule has 1 aromatic heterocycles. The summed E-state index contributed by atoms with van der Waals surface area (Å²) in [5, 5.41) is 4.39. The summed E-state index contributed by atoms with van der Waals surface area (Å²) < 4.78 is 30.6. The number of benzene rings is 1. The van der Waals surface area contributed by atoms with E-state index >= 15 is 0 Å². The van der Waals surface area contributed by atoms with Crippen LogP contribution in [0.25, 0.3) is 11.3 Å². The van der Waals surface area contributed by atoms with Gasteiger partial charge in [-0.15, -0.1) is 0 Å². The lowest BCUT2D eigenvalue weighted by Crippen LogP contribution is -2.02. The van der Waals surface area contributed by atoms with Crippen LogP contribution in [0.4, 0.5) is 14.5 Å². The van der Waals surface area contributed by atoms with Crippen molar-refractivity contribution in [2.75, 3.05) is 5.73 Å². The summed E-state index contributed by atoms with van der Waals surface area (Å²) in [5.41, 5.74) is 7.69. The highest BCUT2D eigenvalue weighted by molar-refractivity contribution is 5.72. The number of aryl methyl sites for hydroxylation is 1. The van der Waals surface area contributed by atoms with E-state index in [4.69, 9.17) is 5.73 Å². The highest BCUT2D eigenvalue weighted by Gasteiger charge is 2.11. The van der Waals surface area contributed by atoms with Crippen molar-refractivity contribution >= 4 is 5.69 Å². The second kappa shape index (κ2) is 6.36. The molecule has 0 amide bonds. The molecule has 0 radical (unpaired) electrons. The molecule has 0 aliphatic heterocycles. The molecule has 1 heterocycles. The molecule has 0 unspecified atom stereocenters. The first kappa shape index (κ1) is 14.3. The fraction of sp³-hybridized carbons (Fsp3) is 0.357. The Kier molecular flexibility index (Phi) is 4.55. The van der Waals surface area contributed by atoms with Crippen molar-refractivity contribution in [1.82, 2.24) is 9.78 Å². The van der Waals surface area contributed by atoms with E-state index in [2.05, 4.69) is 16.8 Å². The second-order valence-corrected chi connectivity index (χ2v) is 4.46. The van der Waals surface area contributed by atoms with Crippen LogP contribution in [0, 0.1) is 0 Å². The van der Waals surface area contributed by atoms with Gasteiger partial charge in [-0.3, -0.25) is 4.68 Å². The van der Waals surface area contributed by atoms with Crippen LogP contribution >= 0.6 is 0 Å². The van der Waals surface area contributed by atoms with Crippen LogP contribution in [0.15, 0.2) is 30.5 Å². The molecule has 2 rings (SSSR count). The third kappa shape index (κ3) is 3.46. The van der Waals surface area contributed by atoms with E-state index in [1.807, 2.05) is 0 Å². The summed E-state index contributed by atoms with van der Waals surface area (Å²) in [6.07, 6.45) is 3.83. The highest BCUT2D eigenvalue weighted by atomic mass is 19.3. The van der Waals surface area contributed by atoms with Gasteiger partial charge >= 0.3 is 6.61 Å². The van der Waals surface area contributed by atoms with Crippen LogP contribution < -0.4 is 10.5 Å². The van der Waals surface area contributed by atoms with Gasteiger partial charge in [-0.2, -0.15) is 13.9 Å². The van der Waals surface area contributed by atoms with Gasteiger partial charge in [-0.25, -0.2) is 0 Å². The third-order valence-corrected chi connectivity index (χ3v) is 2.86. The monoisotopic (exact) mass is 281 g/mol. The molecule has 0 saturated carbocycles. The maximum atomic E-state index is 12.2. The maximum absolute atomic E-state index is 12.2. The average Bonchev–Trinajstić information content (AvgIpc) is 2.77. The summed E-state index contributed by atoms with van der Waals surface area (Å²) in [6, 6.07) is 6.38. The molecule has 0 aliphatic carbocycles. The van der Waals surface area contributed by atoms with Crippen molar-refractivity contribution in [3.05, 3.63) is 30.5 Å². The van der Waals surface area contributed by atoms with Crippen LogP contribution in [-0.2, 0) is 6.54 Å². The standard InChI is InChI=1S/C14H17F2N3O/c1-2-3-7-19-9-12(17)13(18-19)10-5-4-6-11(8-10)20-14(15)16/h4-6,8-9,14H,2-3,7,17H2,1H3. The number of hydrogen-bond donors (Lipinski definition) is 1. The molecule has 0 saturated heterocycles. The number of alkyl halides is 2. The first-order valence-corrected chi connectivity index (χ1v) is 6.48. The van der Waals surface area contributed by atoms with Crippen molar-refractivity contribution in [3.63, 3.8) is 0 Å². The zero-order chi connectivity index (χ0) is 14.5. The van der Waals surface area contributed by atoms with Gasteiger partial charge in [0.2, 0.25) is 0 Å². The van der Waals surface area contributed by atoms with E-state index in [1.165, 1.54) is 12.1 Å². The Balaban J connectivity index is 2.24. The number of nitrogen functional groups attached to an aromatic ring is 1. The molecule has 1 aromatic carbocycles. The lowest BCUT2D eigenvalue weighted by Gasteiger charge is -2.05. The third-order valence-electron chi connectivity index (χ3n) is 2.86. The molecule has 20 heavy (non-hydrogen) atoms. The van der Waals surface area contributed by atoms with Crippen LogP contribution in [-0.4, -0.2) is 16.4 Å². The topological polar surface area (TPSA) is 53.1 Å². The van der Waals surface area contributed by atoms with Gasteiger partial charge in [0, 0.05) is 18.3 Å². The van der Waals surface area contributed by atoms with Gasteiger partial charge < -0.3 is 10.5 Å². The van der Waals surface area contributed by atoms with E-state index in [1.54, 1.807) is 23.0 Å². The van der Waals surface area contributed by atoms with E-state index in [-0.39, 0.29) is 5.75 Å². The largest absolute Gasteiger partial charge is 0.435 e. The molecule has 0 aliphatic rings. The molecular weight excluding hydrogens is 264 g/mol. The first-order valence-electron chi connectivity index (χ1n) is 6.48. The quantitative estimate of drug-likeness (QED) is 0.881. The van der Waals surface area contributed by atoms with Crippen LogP contribution in [0.2, 0.25) is 0 Å². The van der Waals surface area contributed by atoms with Crippen LogP contribution in [0.1, 0.15) is 19.8 Å². The summed E-state index contributed by atoms with van der Waals surface area (Å²) in [4.78, 5) is 0. The maximum Gasteiger partial charge on any atom is 0.387 e. The summed E-state index contributed by atoms with van der Waals surface area (Å²) in [5.74, 6) is 0.0972. The predicted octanol–water partition coefficient (Wildman–Crippen LogP) is 3.53. The Morgan fingerprint density at radius 1 is 1.40 bits per heavy atom. The van der Waals surface area contributed by atoms with Crippen LogP contribution in [0.5, 0.6) is 5.75 Å². The Labute approximate surface area is 116 Å². The first-order chi connectivity index (χ1) is 9.60. The molecule has 0 bridgehead atoms. The van der Waals surface area contributed by atoms with Crippen molar-refractivity contribution < 1.29 is 13.5 Å². The Bertz CT molecular complexity index is 569. The number of unbranched alkanes of at least 4 members (excludes halogenated alkanes) is 1. The molecule has 0 fully saturated rings. The Morgan fingerprint density at radius 2 is 2.20 bits per heavy atom. The van der Waals surface area contributed by atoms with Crippen molar-refractivity contribution in [3.8, 4) is 17.0 Å². The van der Waals surface area contributed by atoms with Crippen LogP contribution in [0.3, 0.4) is 0 Å². The normalized spacial score (nSPS) is 11.0. The molecule has 4 nitrogen and oxygen atoms in total. The van der Waals surface area contributed by atoms with E-state index < -0.39 is 6.61 Å². The van der Waals surface area contributed by atoms with Crippen molar-refractivity contribution in [1.29, 1.82) is 0 Å². The number of nitrogens with zero attached hydrogens (tertiary/aromatic N) is 2. The van der Waals surface area contributed by atoms with Crippen molar-refractivity contribution in [2.24, 2.45) is 0 Å². The summed E-state index contributed by atoms with van der Waals surface area (Å²) >= 11 is 0. The Hall–Kier alpha value is -2.11. The molecule has 2 N–H and O–H groups in total. The average molecular weight is 281 g/mol. The minimum Gasteiger partial charge on any atom is -0.435 e. The molecule has 2 aromatic rings. The van der Waals surface area contributed by atoms with E-state index in [0.29, 0.717) is 16.9 Å². The zero-order valence-electron chi connectivity index (χ0n) is 11.2. The lowest BCUT2D eigenvalue weighted by atomic mass is 10.1. The highest BCUT2D eigenvalue weighted by Crippen LogP contribution is 2.27. The minimum absolute atomic E-state index is 0.0972. The number of anilines is 1. The summed E-state index contributed by atoms with van der Waals surface area (Å²) in [7, 11) is 0. The molecule has 108 valence electrons. The summed E-state index contributed by atoms with van der Waals surface area (Å²) in [6.45, 7) is 0.0389. The fourth-order valence-corrected chi connectivity index (χ4v) is 1.92. The van der Waals surface area contributed by atoms with Gasteiger partial charge in [0.1, 0.15) is 11.4 Å². The van der Waals surface area contributed by atoms with Gasteiger partial charge in [-0.05, 0) is 18.6 Å². The number of rotatable bonds is 6. The second-order valence-electron chi connectivity index (χ2n) is 4.46. The lowest BCUT2D eigenvalue weighted by molar-refractivity contribution is -0.0498. The molecule has 0 spiro atoms. The minimum atomic E-state index is -2.84. The van der Waals surface area contributed by atoms with E-state index in [0.717, 1.165) is 19.4 Å². The van der Waals surface area contributed by atoms with Gasteiger partial charge in [0.05, 0.1) is 5.69 Å². The van der Waals surface area contributed by atoms with Gasteiger partial charge in [0.15, 0.2) is 0 Å². The number of ether oxygens (including phenoxy) is 1. The number of nitrogens with two attached hydrogens (primary N) is 1. The Morgan fingerprint density at radius 3 is 2.90 bits per heavy atom. The molecule has 6 heteroatoms. The molecule has 0 atom stereocenters. The predicted molar refractivity (Wildman–Crippen MR) is 73.6 cm³/mol. The number of hydrogen-bond acceptors (Lipinski definition) is 3. The van der Waals surface area contributed by atoms with E-state index in [9.17, 15) is 8.78 Å². The van der Waals surface area contributed by atoms with Gasteiger partial charge in [0.25, 0.3) is 0 Å². The fourth-order valence-electron chi connectivity index (χ4n) is 1.92. The number of halogens is 2.